The van der Waals surface area contributed by atoms with Crippen molar-refractivity contribution < 1.29 is 14.1 Å². The summed E-state index contributed by atoms with van der Waals surface area (Å²) in [7, 11) is 1.57. The summed E-state index contributed by atoms with van der Waals surface area (Å²) in [4.78, 5) is 30.3. The maximum Gasteiger partial charge on any atom is 0.254 e. The predicted octanol–water partition coefficient (Wildman–Crippen LogP) is 2.24. The van der Waals surface area contributed by atoms with E-state index in [1.165, 1.54) is 4.90 Å². The summed E-state index contributed by atoms with van der Waals surface area (Å²) in [6.45, 7) is 1.63. The number of aromatic nitrogens is 2. The number of fused-ring (bicyclic) bond motifs is 1. The standard InChI is InChI=1S/C17H16N4O3/c1-11-9-15(20-24-11)19-16(22)10-21(2)17(23)13-5-3-7-14-12(13)6-4-8-18-14/h3-9H,10H2,1-2H3,(H,19,20,22). The van der Waals surface area contributed by atoms with Crippen molar-refractivity contribution in [2.45, 2.75) is 6.92 Å². The largest absolute Gasteiger partial charge is 0.360 e. The van der Waals surface area contributed by atoms with Crippen LogP contribution in [0.5, 0.6) is 0 Å². The van der Waals surface area contributed by atoms with E-state index < -0.39 is 0 Å². The third kappa shape index (κ3) is 3.24. The first kappa shape index (κ1) is 15.7. The second kappa shape index (κ2) is 6.49. The number of amides is 2. The minimum Gasteiger partial charge on any atom is -0.360 e. The number of carbonyl (C=O) groups excluding carboxylic acids is 2. The monoisotopic (exact) mass is 324 g/mol. The molecule has 0 spiro atoms. The molecule has 2 amide bonds. The first-order chi connectivity index (χ1) is 11.5. The van der Waals surface area contributed by atoms with E-state index in [4.69, 9.17) is 4.52 Å². The van der Waals surface area contributed by atoms with Crippen LogP contribution in [0.25, 0.3) is 10.9 Å². The van der Waals surface area contributed by atoms with E-state index >= 15 is 0 Å². The van der Waals surface area contributed by atoms with Crippen molar-refractivity contribution in [2.75, 3.05) is 18.9 Å². The van der Waals surface area contributed by atoms with Crippen LogP contribution in [0.3, 0.4) is 0 Å². The van der Waals surface area contributed by atoms with Gasteiger partial charge in [0.2, 0.25) is 5.91 Å². The number of pyridine rings is 1. The van der Waals surface area contributed by atoms with Gasteiger partial charge in [-0.15, -0.1) is 0 Å². The third-order valence-corrected chi connectivity index (χ3v) is 3.50. The van der Waals surface area contributed by atoms with Crippen LogP contribution in [0, 0.1) is 6.92 Å². The number of hydrogen-bond acceptors (Lipinski definition) is 5. The second-order valence-electron chi connectivity index (χ2n) is 5.41. The summed E-state index contributed by atoms with van der Waals surface area (Å²) in [6.07, 6.45) is 1.67. The smallest absolute Gasteiger partial charge is 0.254 e. The van der Waals surface area contributed by atoms with Crippen molar-refractivity contribution in [3.63, 3.8) is 0 Å². The van der Waals surface area contributed by atoms with Gasteiger partial charge < -0.3 is 14.7 Å². The Morgan fingerprint density at radius 1 is 1.25 bits per heavy atom. The van der Waals surface area contributed by atoms with Gasteiger partial charge in [0.1, 0.15) is 5.76 Å². The molecule has 3 rings (SSSR count). The van der Waals surface area contributed by atoms with Gasteiger partial charge in [-0.25, -0.2) is 0 Å². The summed E-state index contributed by atoms with van der Waals surface area (Å²) in [6, 6.07) is 10.6. The molecule has 0 unspecified atom stereocenters. The van der Waals surface area contributed by atoms with E-state index in [0.717, 1.165) is 10.9 Å². The molecule has 0 saturated carbocycles. The summed E-state index contributed by atoms with van der Waals surface area (Å²) in [5.74, 6) is 0.322. The van der Waals surface area contributed by atoms with Crippen LogP contribution in [-0.2, 0) is 4.79 Å². The molecule has 24 heavy (non-hydrogen) atoms. The molecule has 0 aliphatic heterocycles. The average Bonchev–Trinajstić information content (AvgIpc) is 2.98. The Kier molecular flexibility index (Phi) is 4.24. The Morgan fingerprint density at radius 2 is 2.08 bits per heavy atom. The number of benzene rings is 1. The molecule has 1 N–H and O–H groups in total. The topological polar surface area (TPSA) is 88.3 Å². The quantitative estimate of drug-likeness (QED) is 0.795. The van der Waals surface area contributed by atoms with Gasteiger partial charge in [0.05, 0.1) is 12.1 Å². The van der Waals surface area contributed by atoms with Gasteiger partial charge >= 0.3 is 0 Å². The summed E-state index contributed by atoms with van der Waals surface area (Å²) in [5.41, 5.74) is 1.24. The van der Waals surface area contributed by atoms with Crippen molar-refractivity contribution in [3.8, 4) is 0 Å². The zero-order chi connectivity index (χ0) is 17.1. The Balaban J connectivity index is 1.73. The Morgan fingerprint density at radius 3 is 2.83 bits per heavy atom. The number of nitrogens with one attached hydrogen (secondary N) is 1. The first-order valence-corrected chi connectivity index (χ1v) is 7.37. The number of rotatable bonds is 4. The number of carbonyl (C=O) groups is 2. The van der Waals surface area contributed by atoms with E-state index in [9.17, 15) is 9.59 Å². The highest BCUT2D eigenvalue weighted by molar-refractivity contribution is 6.07. The lowest BCUT2D eigenvalue weighted by Gasteiger charge is -2.17. The molecular formula is C17H16N4O3. The maximum atomic E-state index is 12.6. The molecule has 0 aliphatic carbocycles. The third-order valence-electron chi connectivity index (χ3n) is 3.50. The lowest BCUT2D eigenvalue weighted by molar-refractivity contribution is -0.116. The minimum absolute atomic E-state index is 0.0958. The summed E-state index contributed by atoms with van der Waals surface area (Å²) in [5, 5.41) is 7.03. The maximum absolute atomic E-state index is 12.6. The lowest BCUT2D eigenvalue weighted by atomic mass is 10.1. The molecule has 0 fully saturated rings. The van der Waals surface area contributed by atoms with E-state index in [-0.39, 0.29) is 18.4 Å². The van der Waals surface area contributed by atoms with Gasteiger partial charge in [0.25, 0.3) is 5.91 Å². The van der Waals surface area contributed by atoms with E-state index in [2.05, 4.69) is 15.5 Å². The van der Waals surface area contributed by atoms with Crippen molar-refractivity contribution in [1.29, 1.82) is 0 Å². The Bertz CT molecular complexity index is 898. The van der Waals surface area contributed by atoms with Crippen LogP contribution in [0.15, 0.2) is 47.1 Å². The summed E-state index contributed by atoms with van der Waals surface area (Å²) < 4.78 is 4.88. The van der Waals surface area contributed by atoms with Crippen molar-refractivity contribution in [3.05, 3.63) is 53.9 Å². The van der Waals surface area contributed by atoms with E-state index in [1.54, 1.807) is 44.4 Å². The second-order valence-corrected chi connectivity index (χ2v) is 5.41. The molecule has 2 aromatic heterocycles. The zero-order valence-corrected chi connectivity index (χ0v) is 13.3. The molecule has 0 atom stereocenters. The van der Waals surface area contributed by atoms with Gasteiger partial charge in [-0.2, -0.15) is 0 Å². The number of hydrogen-bond donors (Lipinski definition) is 1. The van der Waals surface area contributed by atoms with E-state index in [1.807, 2.05) is 12.1 Å². The lowest BCUT2D eigenvalue weighted by Crippen LogP contribution is -2.35. The number of nitrogens with zero attached hydrogens (tertiary/aromatic N) is 3. The number of likely N-dealkylation sites (N-methyl/N-ethyl adjacent to an activating group) is 1. The molecule has 7 heteroatoms. The Hall–Kier alpha value is -3.22. The van der Waals surface area contributed by atoms with Gasteiger partial charge in [-0.3, -0.25) is 14.6 Å². The highest BCUT2D eigenvalue weighted by Gasteiger charge is 2.18. The van der Waals surface area contributed by atoms with E-state index in [0.29, 0.717) is 17.1 Å². The fraction of sp³-hybridized carbons (Fsp3) is 0.176. The van der Waals surface area contributed by atoms with Gasteiger partial charge in [-0.05, 0) is 25.1 Å². The normalized spacial score (nSPS) is 10.6. The fourth-order valence-electron chi connectivity index (χ4n) is 2.39. The van der Waals surface area contributed by atoms with Gasteiger partial charge in [0.15, 0.2) is 5.82 Å². The molecule has 3 aromatic rings. The fourth-order valence-corrected chi connectivity index (χ4v) is 2.39. The number of anilines is 1. The van der Waals surface area contributed by atoms with Crippen LogP contribution in [0.2, 0.25) is 0 Å². The SMILES string of the molecule is Cc1cc(NC(=O)CN(C)C(=O)c2cccc3ncccc23)no1. The summed E-state index contributed by atoms with van der Waals surface area (Å²) >= 11 is 0. The van der Waals surface area contributed by atoms with Gasteiger partial charge in [0, 0.05) is 30.3 Å². The highest BCUT2D eigenvalue weighted by atomic mass is 16.5. The highest BCUT2D eigenvalue weighted by Crippen LogP contribution is 2.18. The molecule has 122 valence electrons. The molecule has 0 saturated heterocycles. The number of aryl methyl sites for hydroxylation is 1. The molecular weight excluding hydrogens is 308 g/mol. The van der Waals surface area contributed by atoms with Crippen LogP contribution in [0.4, 0.5) is 5.82 Å². The van der Waals surface area contributed by atoms with Crippen LogP contribution >= 0.6 is 0 Å². The van der Waals surface area contributed by atoms with Crippen molar-refractivity contribution in [2.24, 2.45) is 0 Å². The van der Waals surface area contributed by atoms with Crippen LogP contribution < -0.4 is 5.32 Å². The zero-order valence-electron chi connectivity index (χ0n) is 13.3. The minimum atomic E-state index is -0.350. The molecule has 1 aromatic carbocycles. The molecule has 2 heterocycles. The first-order valence-electron chi connectivity index (χ1n) is 7.37. The average molecular weight is 324 g/mol. The molecule has 0 bridgehead atoms. The molecule has 0 aliphatic rings. The predicted molar refractivity (Wildman–Crippen MR) is 88.6 cm³/mol. The molecule has 7 nitrogen and oxygen atoms in total. The van der Waals surface area contributed by atoms with Gasteiger partial charge in [-0.1, -0.05) is 17.3 Å². The van der Waals surface area contributed by atoms with Crippen molar-refractivity contribution >= 4 is 28.5 Å². The van der Waals surface area contributed by atoms with Crippen LogP contribution in [-0.4, -0.2) is 40.4 Å². The Labute approximate surface area is 138 Å². The van der Waals surface area contributed by atoms with Crippen molar-refractivity contribution in [1.82, 2.24) is 15.0 Å². The molecule has 0 radical (unpaired) electrons. The van der Waals surface area contributed by atoms with Crippen LogP contribution in [0.1, 0.15) is 16.1 Å².